The number of esters is 1. The number of aryl methyl sites for hydroxylation is 1. The first-order valence-corrected chi connectivity index (χ1v) is 13.0. The predicted octanol–water partition coefficient (Wildman–Crippen LogP) is 4.47. The van der Waals surface area contributed by atoms with Crippen LogP contribution in [0.5, 0.6) is 5.75 Å². The van der Waals surface area contributed by atoms with Crippen LogP contribution in [0.2, 0.25) is 0 Å². The summed E-state index contributed by atoms with van der Waals surface area (Å²) in [5.74, 6) is 0.964. The van der Waals surface area contributed by atoms with E-state index >= 15 is 0 Å². The van der Waals surface area contributed by atoms with Gasteiger partial charge in [0.05, 0.1) is 35.3 Å². The molecule has 0 radical (unpaired) electrons. The summed E-state index contributed by atoms with van der Waals surface area (Å²) >= 11 is 0. The second kappa shape index (κ2) is 9.87. The molecule has 1 aliphatic carbocycles. The maximum atomic E-state index is 12.9. The number of anilines is 1. The van der Waals surface area contributed by atoms with Crippen LogP contribution >= 0.6 is 0 Å². The third-order valence-corrected chi connectivity index (χ3v) is 7.75. The smallest absolute Gasteiger partial charge is 0.387 e. The van der Waals surface area contributed by atoms with Crippen LogP contribution in [0.4, 0.5) is 14.7 Å². The average Bonchev–Trinajstić information content (AvgIpc) is 3.60. The molecule has 2 unspecified atom stereocenters. The predicted molar refractivity (Wildman–Crippen MR) is 139 cm³/mol. The number of alkyl halides is 2. The molecule has 2 atom stereocenters. The van der Waals surface area contributed by atoms with Gasteiger partial charge in [0.25, 0.3) is 0 Å². The lowest BCUT2D eigenvalue weighted by atomic mass is 9.95. The Morgan fingerprint density at radius 3 is 2.72 bits per heavy atom. The van der Waals surface area contributed by atoms with E-state index in [1.165, 1.54) is 6.07 Å². The number of benzene rings is 1. The number of hydrogen-bond donors (Lipinski definition) is 0. The molecule has 1 saturated carbocycles. The van der Waals surface area contributed by atoms with Gasteiger partial charge >= 0.3 is 12.6 Å². The molecule has 0 amide bonds. The molecule has 0 N–H and O–H groups in total. The highest BCUT2D eigenvalue weighted by molar-refractivity contribution is 5.81. The minimum absolute atomic E-state index is 0.0773. The summed E-state index contributed by atoms with van der Waals surface area (Å²) in [4.78, 5) is 32.8. The van der Waals surface area contributed by atoms with E-state index in [9.17, 15) is 13.6 Å². The monoisotopic (exact) mass is 534 g/mol. The lowest BCUT2D eigenvalue weighted by Crippen LogP contribution is -2.39. The summed E-state index contributed by atoms with van der Waals surface area (Å²) in [5, 5.41) is 0. The van der Waals surface area contributed by atoms with Crippen molar-refractivity contribution in [1.29, 1.82) is 0 Å². The van der Waals surface area contributed by atoms with Crippen molar-refractivity contribution in [3.05, 3.63) is 66.0 Å². The molecule has 2 fully saturated rings. The maximum Gasteiger partial charge on any atom is 0.387 e. The van der Waals surface area contributed by atoms with Gasteiger partial charge < -0.3 is 14.4 Å². The van der Waals surface area contributed by atoms with E-state index in [0.717, 1.165) is 36.3 Å². The number of halogens is 2. The minimum atomic E-state index is -2.90. The first kappa shape index (κ1) is 25.1. The first-order chi connectivity index (χ1) is 18.9. The first-order valence-electron chi connectivity index (χ1n) is 13.0. The van der Waals surface area contributed by atoms with Crippen LogP contribution in [0.15, 0.2) is 49.1 Å². The van der Waals surface area contributed by atoms with Gasteiger partial charge in [0.2, 0.25) is 5.95 Å². The molecule has 1 aromatic carbocycles. The standard InChI is InChI=1S/C28H28F2N6O3/c1-3-38-25(37)28-8-9-35(15-20(28)11-28)27-32-12-19(13-33-27)21-16-36-22(17(2)34-24(36)14-31-21)10-18-6-4-5-7-23(18)39-26(29)30/h4-7,12-14,16,20,26H,3,8-11,15H2,1-2H3. The van der Waals surface area contributed by atoms with Crippen molar-refractivity contribution in [2.45, 2.75) is 39.7 Å². The Hall–Kier alpha value is -4.15. The SMILES string of the molecule is CCOC(=O)C12CCN(c3ncc(-c4cn5c(Cc6ccccc6OC(F)F)c(C)nc5cn4)cn3)CC1C2. The second-order valence-corrected chi connectivity index (χ2v) is 10.1. The van der Waals surface area contributed by atoms with Gasteiger partial charge in [0, 0.05) is 49.2 Å². The summed E-state index contributed by atoms with van der Waals surface area (Å²) in [6.45, 7) is 2.66. The van der Waals surface area contributed by atoms with Crippen molar-refractivity contribution in [2.75, 3.05) is 24.6 Å². The number of rotatable bonds is 8. The Labute approximate surface area is 223 Å². The molecule has 202 valence electrons. The summed E-state index contributed by atoms with van der Waals surface area (Å²) in [6.07, 6.45) is 8.98. The van der Waals surface area contributed by atoms with Gasteiger partial charge in [-0.05, 0) is 38.7 Å². The molecule has 4 aromatic rings. The highest BCUT2D eigenvalue weighted by Gasteiger charge is 2.63. The average molecular weight is 535 g/mol. The van der Waals surface area contributed by atoms with Crippen LogP contribution < -0.4 is 9.64 Å². The molecule has 6 rings (SSSR count). The summed E-state index contributed by atoms with van der Waals surface area (Å²) < 4.78 is 37.8. The normalized spacial score (nSPS) is 20.2. The third kappa shape index (κ3) is 4.66. The zero-order valence-electron chi connectivity index (χ0n) is 21.7. The van der Waals surface area contributed by atoms with Gasteiger partial charge in [0.1, 0.15) is 5.75 Å². The van der Waals surface area contributed by atoms with Crippen LogP contribution in [0.25, 0.3) is 16.9 Å². The fourth-order valence-corrected chi connectivity index (χ4v) is 5.57. The van der Waals surface area contributed by atoms with E-state index in [0.29, 0.717) is 42.4 Å². The largest absolute Gasteiger partial charge is 0.466 e. The van der Waals surface area contributed by atoms with Gasteiger partial charge in [0.15, 0.2) is 5.65 Å². The fraction of sp³-hybridized carbons (Fsp3) is 0.393. The topological polar surface area (TPSA) is 94.7 Å². The Morgan fingerprint density at radius 2 is 1.97 bits per heavy atom. The van der Waals surface area contributed by atoms with Crippen LogP contribution in [0, 0.1) is 18.3 Å². The molecule has 2 aliphatic rings. The van der Waals surface area contributed by atoms with Gasteiger partial charge in [-0.25, -0.2) is 15.0 Å². The molecule has 9 nitrogen and oxygen atoms in total. The van der Waals surface area contributed by atoms with Gasteiger partial charge in [-0.1, -0.05) is 18.2 Å². The molecular weight excluding hydrogens is 506 g/mol. The summed E-state index contributed by atoms with van der Waals surface area (Å²) in [5.41, 5.74) is 3.99. The van der Waals surface area contributed by atoms with Crippen molar-refractivity contribution in [1.82, 2.24) is 24.3 Å². The van der Waals surface area contributed by atoms with Crippen molar-refractivity contribution in [3.63, 3.8) is 0 Å². The van der Waals surface area contributed by atoms with Crippen molar-refractivity contribution < 1.29 is 23.0 Å². The van der Waals surface area contributed by atoms with Gasteiger partial charge in [-0.2, -0.15) is 8.78 Å². The molecule has 11 heteroatoms. The van der Waals surface area contributed by atoms with Crippen molar-refractivity contribution >= 4 is 17.6 Å². The number of aromatic nitrogens is 5. The van der Waals surface area contributed by atoms with Crippen molar-refractivity contribution in [2.24, 2.45) is 11.3 Å². The number of ether oxygens (including phenoxy) is 2. The zero-order chi connectivity index (χ0) is 27.1. The van der Waals surface area contributed by atoms with E-state index < -0.39 is 6.61 Å². The molecule has 0 bridgehead atoms. The van der Waals surface area contributed by atoms with E-state index in [-0.39, 0.29) is 23.1 Å². The Morgan fingerprint density at radius 1 is 1.18 bits per heavy atom. The molecule has 3 aromatic heterocycles. The maximum absolute atomic E-state index is 12.9. The molecule has 0 spiro atoms. The Kier molecular flexibility index (Phi) is 6.36. The van der Waals surface area contributed by atoms with E-state index in [1.54, 1.807) is 36.8 Å². The number of nitrogens with zero attached hydrogens (tertiary/aromatic N) is 6. The van der Waals surface area contributed by atoms with Crippen LogP contribution in [0.3, 0.4) is 0 Å². The second-order valence-electron chi connectivity index (χ2n) is 10.1. The quantitative estimate of drug-likeness (QED) is 0.306. The molecule has 1 aliphatic heterocycles. The highest BCUT2D eigenvalue weighted by Crippen LogP contribution is 2.58. The summed E-state index contributed by atoms with van der Waals surface area (Å²) in [7, 11) is 0. The van der Waals surface area contributed by atoms with E-state index in [2.05, 4.69) is 24.8 Å². The van der Waals surface area contributed by atoms with E-state index in [4.69, 9.17) is 9.47 Å². The lowest BCUT2D eigenvalue weighted by molar-refractivity contribution is -0.150. The highest BCUT2D eigenvalue weighted by atomic mass is 19.3. The number of imidazole rings is 1. The number of fused-ring (bicyclic) bond motifs is 2. The Balaban J connectivity index is 1.22. The van der Waals surface area contributed by atoms with Gasteiger partial charge in [-0.3, -0.25) is 14.2 Å². The third-order valence-electron chi connectivity index (χ3n) is 7.75. The minimum Gasteiger partial charge on any atom is -0.466 e. The number of carbonyl (C=O) groups is 1. The van der Waals surface area contributed by atoms with Crippen LogP contribution in [0.1, 0.15) is 36.7 Å². The fourth-order valence-electron chi connectivity index (χ4n) is 5.57. The van der Waals surface area contributed by atoms with E-state index in [1.807, 2.05) is 24.4 Å². The van der Waals surface area contributed by atoms with Crippen LogP contribution in [-0.4, -0.2) is 56.6 Å². The number of hydrogen-bond acceptors (Lipinski definition) is 8. The number of para-hydroxylation sites is 1. The molecule has 39 heavy (non-hydrogen) atoms. The molecular formula is C28H28F2N6O3. The lowest BCUT2D eigenvalue weighted by Gasteiger charge is -2.30. The number of piperidine rings is 1. The molecule has 4 heterocycles. The van der Waals surface area contributed by atoms with Crippen molar-refractivity contribution in [3.8, 4) is 17.0 Å². The Bertz CT molecular complexity index is 1530. The summed E-state index contributed by atoms with van der Waals surface area (Å²) in [6, 6.07) is 6.76. The zero-order valence-corrected chi connectivity index (χ0v) is 21.7. The molecule has 1 saturated heterocycles. The van der Waals surface area contributed by atoms with Gasteiger partial charge in [-0.15, -0.1) is 0 Å². The van der Waals surface area contributed by atoms with Crippen LogP contribution in [-0.2, 0) is 16.0 Å². The number of carbonyl (C=O) groups excluding carboxylic acids is 1.